The normalized spacial score (nSPS) is 10.1. The lowest BCUT2D eigenvalue weighted by atomic mass is 10.0. The second kappa shape index (κ2) is 6.71. The van der Waals surface area contributed by atoms with Gasteiger partial charge in [0.1, 0.15) is 18.2 Å². The van der Waals surface area contributed by atoms with Crippen LogP contribution in [0.2, 0.25) is 0 Å². The fourth-order valence-corrected chi connectivity index (χ4v) is 2.24. The third-order valence-corrected chi connectivity index (χ3v) is 3.36. The van der Waals surface area contributed by atoms with Crippen molar-refractivity contribution in [2.75, 3.05) is 0 Å². The molecule has 0 amide bonds. The molecule has 0 aliphatic carbocycles. The molecule has 3 rings (SSSR count). The van der Waals surface area contributed by atoms with E-state index < -0.39 is 5.82 Å². The predicted octanol–water partition coefficient (Wildman–Crippen LogP) is 4.34. The summed E-state index contributed by atoms with van der Waals surface area (Å²) >= 11 is 0. The molecule has 0 radical (unpaired) electrons. The smallest absolute Gasteiger partial charge is 0.142 e. The molecule has 0 saturated carbocycles. The van der Waals surface area contributed by atoms with Crippen LogP contribution in [0.15, 0.2) is 67.0 Å². The third-order valence-electron chi connectivity index (χ3n) is 3.36. The zero-order valence-electron chi connectivity index (χ0n) is 12.2. The van der Waals surface area contributed by atoms with E-state index in [9.17, 15) is 4.39 Å². The van der Waals surface area contributed by atoms with Crippen molar-refractivity contribution in [3.8, 4) is 22.9 Å². The first-order chi connectivity index (χ1) is 11.3. The Morgan fingerprint density at radius 1 is 1.04 bits per heavy atom. The number of nitriles is 1. The summed E-state index contributed by atoms with van der Waals surface area (Å²) in [6.07, 6.45) is 2.72. The van der Waals surface area contributed by atoms with E-state index in [2.05, 4.69) is 11.1 Å². The van der Waals surface area contributed by atoms with Gasteiger partial charge in [0.15, 0.2) is 0 Å². The van der Waals surface area contributed by atoms with Gasteiger partial charge in [-0.15, -0.1) is 0 Å². The molecule has 0 aliphatic heterocycles. The van der Waals surface area contributed by atoms with Crippen molar-refractivity contribution >= 4 is 0 Å². The minimum atomic E-state index is -0.416. The highest BCUT2D eigenvalue weighted by Crippen LogP contribution is 2.31. The van der Waals surface area contributed by atoms with E-state index in [0.29, 0.717) is 29.0 Å². The van der Waals surface area contributed by atoms with Crippen LogP contribution in [0, 0.1) is 17.1 Å². The summed E-state index contributed by atoms with van der Waals surface area (Å²) in [6, 6.07) is 18.3. The third kappa shape index (κ3) is 3.53. The van der Waals surface area contributed by atoms with Crippen molar-refractivity contribution in [1.29, 1.82) is 5.26 Å². The number of nitrogens with zero attached hydrogens (tertiary/aromatic N) is 2. The Bertz CT molecular complexity index is 857. The molecule has 3 nitrogen and oxygen atoms in total. The molecule has 0 atom stereocenters. The average molecular weight is 304 g/mol. The minimum Gasteiger partial charge on any atom is -0.488 e. The summed E-state index contributed by atoms with van der Waals surface area (Å²) in [5.41, 5.74) is 2.81. The highest BCUT2D eigenvalue weighted by atomic mass is 19.1. The monoisotopic (exact) mass is 304 g/mol. The molecule has 0 saturated heterocycles. The number of pyridine rings is 1. The molecule has 0 spiro atoms. The van der Waals surface area contributed by atoms with E-state index in [-0.39, 0.29) is 0 Å². The first-order valence-electron chi connectivity index (χ1n) is 7.08. The number of ether oxygens (including phenoxy) is 1. The molecular formula is C19H13FN2O. The Kier molecular flexibility index (Phi) is 4.30. The Morgan fingerprint density at radius 3 is 2.61 bits per heavy atom. The van der Waals surface area contributed by atoms with Crippen LogP contribution in [0.1, 0.15) is 11.1 Å². The number of rotatable bonds is 4. The molecule has 0 bridgehead atoms. The van der Waals surface area contributed by atoms with Gasteiger partial charge in [0.25, 0.3) is 0 Å². The van der Waals surface area contributed by atoms with Crippen LogP contribution in [-0.2, 0) is 6.61 Å². The Morgan fingerprint density at radius 2 is 1.87 bits per heavy atom. The lowest BCUT2D eigenvalue weighted by Gasteiger charge is -2.12. The maximum absolute atomic E-state index is 13.4. The molecule has 0 aliphatic rings. The Labute approximate surface area is 133 Å². The highest BCUT2D eigenvalue weighted by Gasteiger charge is 2.09. The van der Waals surface area contributed by atoms with Gasteiger partial charge in [-0.25, -0.2) is 4.39 Å². The molecule has 4 heteroatoms. The van der Waals surface area contributed by atoms with Crippen LogP contribution < -0.4 is 4.74 Å². The van der Waals surface area contributed by atoms with Gasteiger partial charge >= 0.3 is 0 Å². The summed E-state index contributed by atoms with van der Waals surface area (Å²) < 4.78 is 19.3. The number of hydrogen-bond acceptors (Lipinski definition) is 3. The second-order valence-corrected chi connectivity index (χ2v) is 4.99. The summed E-state index contributed by atoms with van der Waals surface area (Å²) in [5, 5.41) is 9.07. The van der Waals surface area contributed by atoms with E-state index in [1.807, 2.05) is 30.3 Å². The lowest BCUT2D eigenvalue weighted by Crippen LogP contribution is -1.98. The van der Waals surface area contributed by atoms with Crippen molar-refractivity contribution < 1.29 is 9.13 Å². The maximum atomic E-state index is 13.4. The van der Waals surface area contributed by atoms with E-state index in [1.165, 1.54) is 6.07 Å². The number of aromatic nitrogens is 1. The standard InChI is InChI=1S/C19H13FN2O/c20-17-9-16(11-22-12-17)18-7-6-15(10-21)8-19(18)23-13-14-4-2-1-3-5-14/h1-9,11-12H,13H2. The van der Waals surface area contributed by atoms with Gasteiger partial charge in [-0.3, -0.25) is 4.98 Å². The number of halogens is 1. The first kappa shape index (κ1) is 14.7. The van der Waals surface area contributed by atoms with Gasteiger partial charge in [-0.1, -0.05) is 30.3 Å². The average Bonchev–Trinajstić information content (AvgIpc) is 2.60. The van der Waals surface area contributed by atoms with Crippen LogP contribution in [0.25, 0.3) is 11.1 Å². The summed E-state index contributed by atoms with van der Waals surface area (Å²) in [5.74, 6) is 0.112. The fraction of sp³-hybridized carbons (Fsp3) is 0.0526. The van der Waals surface area contributed by atoms with Crippen LogP contribution in [0.3, 0.4) is 0 Å². The molecule has 0 N–H and O–H groups in total. The van der Waals surface area contributed by atoms with Gasteiger partial charge in [0, 0.05) is 17.3 Å². The molecule has 1 aromatic heterocycles. The summed E-state index contributed by atoms with van der Waals surface area (Å²) in [6.45, 7) is 0.367. The van der Waals surface area contributed by atoms with E-state index in [4.69, 9.17) is 10.00 Å². The van der Waals surface area contributed by atoms with Crippen LogP contribution in [0.4, 0.5) is 4.39 Å². The van der Waals surface area contributed by atoms with Gasteiger partial charge in [-0.2, -0.15) is 5.26 Å². The van der Waals surface area contributed by atoms with Gasteiger partial charge in [0.2, 0.25) is 0 Å². The molecule has 0 fully saturated rings. The van der Waals surface area contributed by atoms with Gasteiger partial charge in [0.05, 0.1) is 17.8 Å². The zero-order valence-corrected chi connectivity index (χ0v) is 12.2. The topological polar surface area (TPSA) is 45.9 Å². The molecule has 1 heterocycles. The van der Waals surface area contributed by atoms with Crippen molar-refractivity contribution in [1.82, 2.24) is 4.98 Å². The fourth-order valence-electron chi connectivity index (χ4n) is 2.24. The molecule has 0 unspecified atom stereocenters. The SMILES string of the molecule is N#Cc1ccc(-c2cncc(F)c2)c(OCc2ccccc2)c1. The quantitative estimate of drug-likeness (QED) is 0.720. The lowest BCUT2D eigenvalue weighted by molar-refractivity contribution is 0.307. The van der Waals surface area contributed by atoms with Crippen molar-refractivity contribution in [2.24, 2.45) is 0 Å². The van der Waals surface area contributed by atoms with E-state index >= 15 is 0 Å². The molecule has 112 valence electrons. The van der Waals surface area contributed by atoms with Gasteiger partial charge in [-0.05, 0) is 29.8 Å². The summed E-state index contributed by atoms with van der Waals surface area (Å²) in [4.78, 5) is 3.87. The second-order valence-electron chi connectivity index (χ2n) is 4.99. The van der Waals surface area contributed by atoms with Crippen molar-refractivity contribution in [3.05, 3.63) is 83.9 Å². The number of benzene rings is 2. The first-order valence-corrected chi connectivity index (χ1v) is 7.08. The van der Waals surface area contributed by atoms with Crippen molar-refractivity contribution in [2.45, 2.75) is 6.61 Å². The van der Waals surface area contributed by atoms with Gasteiger partial charge < -0.3 is 4.74 Å². The predicted molar refractivity (Wildman–Crippen MR) is 85.1 cm³/mol. The molecule has 2 aromatic carbocycles. The minimum absolute atomic E-state index is 0.367. The van der Waals surface area contributed by atoms with Crippen LogP contribution in [-0.4, -0.2) is 4.98 Å². The van der Waals surface area contributed by atoms with E-state index in [1.54, 1.807) is 24.4 Å². The Hall–Kier alpha value is -3.19. The molecular weight excluding hydrogens is 291 g/mol. The number of hydrogen-bond donors (Lipinski definition) is 0. The molecule has 3 aromatic rings. The largest absolute Gasteiger partial charge is 0.488 e. The highest BCUT2D eigenvalue weighted by molar-refractivity contribution is 5.71. The molecule has 23 heavy (non-hydrogen) atoms. The zero-order chi connectivity index (χ0) is 16.1. The van der Waals surface area contributed by atoms with E-state index in [0.717, 1.165) is 11.8 Å². The van der Waals surface area contributed by atoms with Crippen LogP contribution >= 0.6 is 0 Å². The van der Waals surface area contributed by atoms with Crippen LogP contribution in [0.5, 0.6) is 5.75 Å². The Balaban J connectivity index is 1.95. The van der Waals surface area contributed by atoms with Crippen molar-refractivity contribution in [3.63, 3.8) is 0 Å². The summed E-state index contributed by atoms with van der Waals surface area (Å²) in [7, 11) is 0. The maximum Gasteiger partial charge on any atom is 0.142 e.